The molecule has 2 aliphatic heterocycles. The molecule has 0 aliphatic carbocycles. The summed E-state index contributed by atoms with van der Waals surface area (Å²) in [6.07, 6.45) is 5.01. The molecule has 8 nitrogen and oxygen atoms in total. The van der Waals surface area contributed by atoms with E-state index in [9.17, 15) is 0 Å². The first-order chi connectivity index (χ1) is 20.5. The Morgan fingerprint density at radius 3 is 1.28 bits per heavy atom. The molecule has 0 N–H and O–H groups in total. The molecule has 0 saturated heterocycles. The molecule has 3 aromatic rings. The second-order valence-corrected chi connectivity index (χ2v) is 16.5. The van der Waals surface area contributed by atoms with Gasteiger partial charge in [-0.15, -0.1) is 0 Å². The van der Waals surface area contributed by atoms with Gasteiger partial charge >= 0.3 is 0 Å². The zero-order chi connectivity index (χ0) is 34.4. The molecule has 12 heteroatoms. The molecule has 0 radical (unpaired) electrons. The predicted molar refractivity (Wildman–Crippen MR) is 220 cm³/mol. The van der Waals surface area contributed by atoms with Crippen molar-refractivity contribution in [1.29, 1.82) is 0 Å². The van der Waals surface area contributed by atoms with Crippen LogP contribution in [0.2, 0.25) is 0 Å². The summed E-state index contributed by atoms with van der Waals surface area (Å²) >= 11 is 0. The first-order valence-corrected chi connectivity index (χ1v) is 16.5. The number of amidine groups is 2. The van der Waals surface area contributed by atoms with Crippen molar-refractivity contribution in [3.05, 3.63) is 78.0 Å². The molecule has 1 aromatic carbocycles. The Kier molecular flexibility index (Phi) is 36.9. The second kappa shape index (κ2) is 28.7. The molecule has 300 valence electrons. The minimum atomic E-state index is 0. The molecule has 2 aromatic heterocycles. The van der Waals surface area contributed by atoms with E-state index in [1.165, 1.54) is 23.6 Å². The van der Waals surface area contributed by atoms with Crippen LogP contribution in [-0.4, -0.2) is 80.8 Å². The van der Waals surface area contributed by atoms with E-state index in [0.29, 0.717) is 0 Å². The Morgan fingerprint density at radius 2 is 0.981 bits per heavy atom. The van der Waals surface area contributed by atoms with Gasteiger partial charge in [-0.1, -0.05) is 95.2 Å². The molecule has 0 saturated carbocycles. The molecule has 0 spiro atoms. The number of benzene rings is 1. The molecule has 4 heterocycles. The molecule has 0 amide bonds. The second-order valence-electron chi connectivity index (χ2n) is 16.5. The smallest absolute Gasteiger partial charge is 0.115 e. The van der Waals surface area contributed by atoms with Crippen molar-refractivity contribution >= 4 is 22.7 Å². The van der Waals surface area contributed by atoms with E-state index in [1.807, 2.05) is 25.5 Å². The van der Waals surface area contributed by atoms with Crippen molar-refractivity contribution in [3.8, 4) is 0 Å². The van der Waals surface area contributed by atoms with Gasteiger partial charge in [-0.3, -0.25) is 9.98 Å². The van der Waals surface area contributed by atoms with E-state index >= 15 is 0 Å². The number of aryl methyl sites for hydroxylation is 2. The zero-order valence-corrected chi connectivity index (χ0v) is 47.4. The quantitative estimate of drug-likeness (QED) is 0.211. The summed E-state index contributed by atoms with van der Waals surface area (Å²) in [5.74, 6) is 4.77. The molecule has 0 unspecified atom stereocenters. The van der Waals surface area contributed by atoms with E-state index < -0.39 is 0 Å². The monoisotopic (exact) mass is 1040 g/mol. The molecular formula is C41H76N8Zr4-4. The molecule has 0 bridgehead atoms. The molecule has 53 heavy (non-hydrogen) atoms. The minimum absolute atomic E-state index is 0. The van der Waals surface area contributed by atoms with E-state index in [-0.39, 0.29) is 156 Å². The summed E-state index contributed by atoms with van der Waals surface area (Å²) in [6, 6.07) is 8.25. The fourth-order valence-corrected chi connectivity index (χ4v) is 5.78. The van der Waals surface area contributed by atoms with Crippen molar-refractivity contribution in [2.45, 2.75) is 100 Å². The third-order valence-electron chi connectivity index (χ3n) is 7.62. The SMILES string of the molecule is CN1CCCN=C1C(C)(C)C.CN1CCN=C1C(C)(C)C.Cn1c(C(C)(C)C)nc2ccccc21.Cn1ccnc1C(C)(C)C.[CH3-].[CH3-].[CH3-].[CH3-].[Zr].[Zr].[Zr].[Zr]. The van der Waals surface area contributed by atoms with Gasteiger partial charge in [0.1, 0.15) is 23.3 Å². The average molecular weight is 1050 g/mol. The van der Waals surface area contributed by atoms with Crippen molar-refractivity contribution in [2.24, 2.45) is 34.9 Å². The summed E-state index contributed by atoms with van der Waals surface area (Å²) in [7, 11) is 8.34. The van der Waals surface area contributed by atoms with Crippen molar-refractivity contribution in [3.63, 3.8) is 0 Å². The van der Waals surface area contributed by atoms with Crippen LogP contribution in [0.3, 0.4) is 0 Å². The van der Waals surface area contributed by atoms with E-state index in [0.717, 1.165) is 43.3 Å². The summed E-state index contributed by atoms with van der Waals surface area (Å²) in [5.41, 5.74) is 3.00. The van der Waals surface area contributed by atoms with Crippen LogP contribution in [-0.2, 0) is 130 Å². The summed E-state index contributed by atoms with van der Waals surface area (Å²) in [5, 5.41) is 0. The number of likely N-dealkylation sites (N-methyl/N-ethyl adjacent to an activating group) is 1. The van der Waals surface area contributed by atoms with E-state index in [1.54, 1.807) is 0 Å². The van der Waals surface area contributed by atoms with Crippen LogP contribution in [0.15, 0.2) is 46.6 Å². The van der Waals surface area contributed by atoms with Crippen molar-refractivity contribution in [2.75, 3.05) is 40.3 Å². The number of aliphatic imine (C=N–C) groups is 2. The Bertz CT molecular complexity index is 1430. The third kappa shape index (κ3) is 21.6. The van der Waals surface area contributed by atoms with Crippen LogP contribution in [0.1, 0.15) is 101 Å². The Balaban J connectivity index is -0.000000102. The average Bonchev–Trinajstić information content (AvgIpc) is 3.63. The van der Waals surface area contributed by atoms with Gasteiger partial charge in [0, 0.05) is 187 Å². The van der Waals surface area contributed by atoms with Gasteiger partial charge in [0.05, 0.1) is 17.6 Å². The number of imidazole rings is 2. The first kappa shape index (κ1) is 68.1. The molecule has 0 fully saturated rings. The summed E-state index contributed by atoms with van der Waals surface area (Å²) in [4.78, 5) is 22.4. The summed E-state index contributed by atoms with van der Waals surface area (Å²) < 4.78 is 4.23. The van der Waals surface area contributed by atoms with Gasteiger partial charge < -0.3 is 48.6 Å². The molecule has 0 atom stereocenters. The fraction of sp³-hybridized carbons (Fsp3) is 0.610. The normalized spacial score (nSPS) is 13.4. The minimum Gasteiger partial charge on any atom is -0.363 e. The maximum atomic E-state index is 4.65. The van der Waals surface area contributed by atoms with Gasteiger partial charge in [-0.25, -0.2) is 9.97 Å². The van der Waals surface area contributed by atoms with Gasteiger partial charge in [-0.2, -0.15) is 0 Å². The Hall–Kier alpha value is 0.372. The Labute approximate surface area is 405 Å². The number of nitrogens with zero attached hydrogens (tertiary/aromatic N) is 8. The number of aromatic nitrogens is 4. The number of rotatable bonds is 0. The fourth-order valence-electron chi connectivity index (χ4n) is 5.78. The van der Waals surface area contributed by atoms with E-state index in [4.69, 9.17) is 0 Å². The van der Waals surface area contributed by atoms with Crippen LogP contribution in [0.25, 0.3) is 11.0 Å². The maximum Gasteiger partial charge on any atom is 0.115 e. The molecule has 5 rings (SSSR count). The molecular weight excluding hydrogens is 969 g/mol. The largest absolute Gasteiger partial charge is 0.363 e. The van der Waals surface area contributed by atoms with Crippen LogP contribution < -0.4 is 0 Å². The number of hydrogen-bond donors (Lipinski definition) is 0. The first-order valence-electron chi connectivity index (χ1n) is 16.5. The number of para-hydroxylation sites is 2. The van der Waals surface area contributed by atoms with Crippen molar-refractivity contribution in [1.82, 2.24) is 28.9 Å². The predicted octanol–water partition coefficient (Wildman–Crippen LogP) is 9.52. The van der Waals surface area contributed by atoms with Crippen LogP contribution in [0.4, 0.5) is 0 Å². The third-order valence-corrected chi connectivity index (χ3v) is 7.62. The van der Waals surface area contributed by atoms with Crippen molar-refractivity contribution < 1.29 is 105 Å². The molecule has 2 aliphatic rings. The standard InChI is InChI=1S/C12H16N2.C9H18N2.C8H16N2.C8H14N2.4CH3.4Zr/c1-12(2,3)11-13-9-7-5-6-8-10(9)14(11)4;1-9(2,3)8-10-6-5-7-11(8)4;2*1-8(2,3)7-9-5-6-10(7)4;;;;;;;;/h5-8H,1-4H3;5-7H2,1-4H3;5-6H2,1-4H3;5-6H,1-4H3;4*1H3;;;;/q;;;;4*-1;;;;. The van der Waals surface area contributed by atoms with Gasteiger partial charge in [0.25, 0.3) is 0 Å². The maximum absolute atomic E-state index is 4.65. The zero-order valence-electron chi connectivity index (χ0n) is 37.6. The van der Waals surface area contributed by atoms with Crippen LogP contribution in [0.5, 0.6) is 0 Å². The van der Waals surface area contributed by atoms with Gasteiger partial charge in [-0.05, 0) is 18.6 Å². The van der Waals surface area contributed by atoms with Gasteiger partial charge in [0.15, 0.2) is 0 Å². The number of hydrogen-bond acceptors (Lipinski definition) is 6. The summed E-state index contributed by atoms with van der Waals surface area (Å²) in [6.45, 7) is 30.5. The topological polar surface area (TPSA) is 66.8 Å². The Morgan fingerprint density at radius 1 is 0.547 bits per heavy atom. The number of fused-ring (bicyclic) bond motifs is 1. The van der Waals surface area contributed by atoms with Crippen LogP contribution >= 0.6 is 0 Å². The van der Waals surface area contributed by atoms with Gasteiger partial charge in [0.2, 0.25) is 0 Å². The van der Waals surface area contributed by atoms with Crippen LogP contribution in [0, 0.1) is 40.5 Å². The van der Waals surface area contributed by atoms with E-state index in [2.05, 4.69) is 161 Å².